The first-order valence-electron chi connectivity index (χ1n) is 9.28. The molecule has 0 radical (unpaired) electrons. The number of amides is 2. The predicted octanol–water partition coefficient (Wildman–Crippen LogP) is 2.67. The topological polar surface area (TPSA) is 61.4 Å². The summed E-state index contributed by atoms with van der Waals surface area (Å²) < 4.78 is 26.0. The number of hydrogen-bond acceptors (Lipinski definition) is 3. The van der Waals surface area contributed by atoms with Crippen LogP contribution in [0.4, 0.5) is 14.5 Å². The van der Waals surface area contributed by atoms with Crippen molar-refractivity contribution in [3.05, 3.63) is 29.8 Å². The lowest BCUT2D eigenvalue weighted by atomic mass is 9.96. The Morgan fingerprint density at radius 1 is 1.04 bits per heavy atom. The first-order chi connectivity index (χ1) is 12.5. The van der Waals surface area contributed by atoms with E-state index in [1.54, 1.807) is 0 Å². The molecule has 1 atom stereocenters. The molecule has 1 saturated carbocycles. The number of carbonyl (C=O) groups is 2. The first kappa shape index (κ1) is 18.8. The zero-order chi connectivity index (χ0) is 18.5. The molecule has 3 rings (SSSR count). The van der Waals surface area contributed by atoms with Crippen LogP contribution >= 0.6 is 0 Å². The van der Waals surface area contributed by atoms with E-state index in [1.807, 2.05) is 0 Å². The van der Waals surface area contributed by atoms with Crippen LogP contribution in [0.3, 0.4) is 0 Å². The van der Waals surface area contributed by atoms with Crippen LogP contribution in [0.1, 0.15) is 38.5 Å². The Kier molecular flexibility index (Phi) is 6.19. The highest BCUT2D eigenvalue weighted by molar-refractivity contribution is 5.94. The number of anilines is 1. The molecule has 2 N–H and O–H groups in total. The third kappa shape index (κ3) is 4.78. The van der Waals surface area contributed by atoms with Crippen LogP contribution < -0.4 is 10.6 Å². The Morgan fingerprint density at radius 3 is 2.54 bits per heavy atom. The number of rotatable bonds is 6. The van der Waals surface area contributed by atoms with E-state index >= 15 is 0 Å². The second kappa shape index (κ2) is 8.58. The Morgan fingerprint density at radius 2 is 1.81 bits per heavy atom. The molecule has 2 amide bonds. The average molecular weight is 365 g/mol. The second-order valence-corrected chi connectivity index (χ2v) is 7.18. The molecule has 0 aromatic heterocycles. The number of hydrogen-bond donors (Lipinski definition) is 2. The fraction of sp³-hybridized carbons (Fsp3) is 0.579. The Balaban J connectivity index is 1.43. The monoisotopic (exact) mass is 365 g/mol. The summed E-state index contributed by atoms with van der Waals surface area (Å²) in [5, 5.41) is 5.04. The molecule has 2 aliphatic rings. The van der Waals surface area contributed by atoms with Crippen LogP contribution in [0.15, 0.2) is 18.2 Å². The van der Waals surface area contributed by atoms with Crippen molar-refractivity contribution in [2.75, 3.05) is 25.0 Å². The van der Waals surface area contributed by atoms with Crippen molar-refractivity contribution < 1.29 is 18.4 Å². The average Bonchev–Trinajstić information content (AvgIpc) is 3.27. The molecule has 0 bridgehead atoms. The van der Waals surface area contributed by atoms with E-state index in [2.05, 4.69) is 15.5 Å². The third-order valence-corrected chi connectivity index (χ3v) is 5.35. The first-order valence-corrected chi connectivity index (χ1v) is 9.28. The van der Waals surface area contributed by atoms with Gasteiger partial charge in [0.25, 0.3) is 0 Å². The molecular weight excluding hydrogens is 340 g/mol. The molecule has 26 heavy (non-hydrogen) atoms. The van der Waals surface area contributed by atoms with E-state index in [1.165, 1.54) is 31.7 Å². The number of carbonyl (C=O) groups excluding carboxylic acids is 2. The van der Waals surface area contributed by atoms with Gasteiger partial charge < -0.3 is 10.6 Å². The maximum atomic E-state index is 13.1. The summed E-state index contributed by atoms with van der Waals surface area (Å²) in [6, 6.07) is 3.61. The van der Waals surface area contributed by atoms with Gasteiger partial charge in [-0.15, -0.1) is 0 Å². The van der Waals surface area contributed by atoms with Crippen molar-refractivity contribution in [3.63, 3.8) is 0 Å². The van der Waals surface area contributed by atoms with Gasteiger partial charge in [-0.2, -0.15) is 0 Å². The minimum atomic E-state index is -1.03. The zero-order valence-corrected chi connectivity index (χ0v) is 14.8. The summed E-state index contributed by atoms with van der Waals surface area (Å²) >= 11 is 0. The van der Waals surface area contributed by atoms with Crippen molar-refractivity contribution in [3.8, 4) is 0 Å². The number of nitrogens with one attached hydrogen (secondary N) is 2. The maximum absolute atomic E-state index is 13.1. The highest BCUT2D eigenvalue weighted by Gasteiger charge is 2.33. The maximum Gasteiger partial charge on any atom is 0.243 e. The summed E-state index contributed by atoms with van der Waals surface area (Å²) in [6.07, 6.45) is 7.33. The standard InChI is InChI=1S/C19H25F2N3O2/c20-15-8-7-14(10-16(15)21)23-18(25)11-22-19(26)12-24-9-3-6-17(24)13-4-1-2-5-13/h7-8,10,13,17H,1-6,9,11-12H2,(H,22,26)(H,23,25). The largest absolute Gasteiger partial charge is 0.346 e. The molecule has 1 aromatic rings. The van der Waals surface area contributed by atoms with E-state index in [9.17, 15) is 18.4 Å². The van der Waals surface area contributed by atoms with Crippen molar-refractivity contribution in [2.45, 2.75) is 44.6 Å². The second-order valence-electron chi connectivity index (χ2n) is 7.18. The SMILES string of the molecule is O=C(CN1CCCC1C1CCCC1)NCC(=O)Nc1ccc(F)c(F)c1. The molecule has 5 nitrogen and oxygen atoms in total. The Hall–Kier alpha value is -2.02. The highest BCUT2D eigenvalue weighted by Crippen LogP contribution is 2.35. The van der Waals surface area contributed by atoms with Crippen molar-refractivity contribution in [1.82, 2.24) is 10.2 Å². The lowest BCUT2D eigenvalue weighted by Crippen LogP contribution is -2.44. The third-order valence-electron chi connectivity index (χ3n) is 5.35. The van der Waals surface area contributed by atoms with Crippen LogP contribution in [-0.2, 0) is 9.59 Å². The van der Waals surface area contributed by atoms with E-state index in [0.717, 1.165) is 31.5 Å². The Labute approximate surface area is 152 Å². The number of halogens is 2. The van der Waals surface area contributed by atoms with Crippen molar-refractivity contribution in [1.29, 1.82) is 0 Å². The van der Waals surface area contributed by atoms with E-state index < -0.39 is 17.5 Å². The smallest absolute Gasteiger partial charge is 0.243 e. The molecule has 1 saturated heterocycles. The fourth-order valence-corrected chi connectivity index (χ4v) is 4.12. The van der Waals surface area contributed by atoms with Gasteiger partial charge in [0.1, 0.15) is 0 Å². The summed E-state index contributed by atoms with van der Waals surface area (Å²) in [5.74, 6) is -1.96. The molecule has 1 aliphatic carbocycles. The summed E-state index contributed by atoms with van der Waals surface area (Å²) in [6.45, 7) is 1.04. The highest BCUT2D eigenvalue weighted by atomic mass is 19.2. The molecule has 1 aromatic carbocycles. The van der Waals surface area contributed by atoms with Gasteiger partial charge >= 0.3 is 0 Å². The predicted molar refractivity (Wildman–Crippen MR) is 94.6 cm³/mol. The lowest BCUT2D eigenvalue weighted by molar-refractivity contribution is -0.125. The van der Waals surface area contributed by atoms with Crippen LogP contribution in [0.25, 0.3) is 0 Å². The summed E-state index contributed by atoms with van der Waals surface area (Å²) in [4.78, 5) is 26.3. The van der Waals surface area contributed by atoms with Gasteiger partial charge in [-0.05, 0) is 50.3 Å². The molecule has 2 fully saturated rings. The normalized spacial score (nSPS) is 21.1. The van der Waals surface area contributed by atoms with Crippen molar-refractivity contribution in [2.24, 2.45) is 5.92 Å². The molecule has 1 aliphatic heterocycles. The van der Waals surface area contributed by atoms with Gasteiger partial charge in [-0.1, -0.05) is 12.8 Å². The molecule has 1 heterocycles. The molecule has 7 heteroatoms. The summed E-state index contributed by atoms with van der Waals surface area (Å²) in [7, 11) is 0. The van der Waals surface area contributed by atoms with Crippen LogP contribution in [0, 0.1) is 17.6 Å². The van der Waals surface area contributed by atoms with Crippen LogP contribution in [-0.4, -0.2) is 42.4 Å². The quantitative estimate of drug-likeness (QED) is 0.815. The summed E-state index contributed by atoms with van der Waals surface area (Å²) in [5.41, 5.74) is 0.156. The number of nitrogens with zero attached hydrogens (tertiary/aromatic N) is 1. The van der Waals surface area contributed by atoms with E-state index in [0.29, 0.717) is 18.5 Å². The lowest BCUT2D eigenvalue weighted by Gasteiger charge is -2.28. The van der Waals surface area contributed by atoms with E-state index in [4.69, 9.17) is 0 Å². The van der Waals surface area contributed by atoms with Gasteiger partial charge in [0, 0.05) is 17.8 Å². The van der Waals surface area contributed by atoms with Gasteiger partial charge in [0.15, 0.2) is 11.6 Å². The zero-order valence-electron chi connectivity index (χ0n) is 14.8. The molecule has 1 unspecified atom stereocenters. The van der Waals surface area contributed by atoms with Crippen LogP contribution in [0.5, 0.6) is 0 Å². The molecule has 0 spiro atoms. The van der Waals surface area contributed by atoms with Crippen molar-refractivity contribution >= 4 is 17.5 Å². The minimum absolute atomic E-state index is 0.156. The van der Waals surface area contributed by atoms with Gasteiger partial charge in [0.05, 0.1) is 13.1 Å². The van der Waals surface area contributed by atoms with Crippen LogP contribution in [0.2, 0.25) is 0 Å². The van der Waals surface area contributed by atoms with Gasteiger partial charge in [0.2, 0.25) is 11.8 Å². The minimum Gasteiger partial charge on any atom is -0.346 e. The molecular formula is C19H25F2N3O2. The van der Waals surface area contributed by atoms with Gasteiger partial charge in [-0.3, -0.25) is 14.5 Å². The molecule has 142 valence electrons. The van der Waals surface area contributed by atoms with Gasteiger partial charge in [-0.25, -0.2) is 8.78 Å². The fourth-order valence-electron chi connectivity index (χ4n) is 4.12. The number of benzene rings is 1. The van der Waals surface area contributed by atoms with E-state index in [-0.39, 0.29) is 18.1 Å². The number of likely N-dealkylation sites (tertiary alicyclic amines) is 1. The Bertz CT molecular complexity index is 662.